The summed E-state index contributed by atoms with van der Waals surface area (Å²) in [5.41, 5.74) is 7.23. The number of hydrogen-bond donors (Lipinski definition) is 2. The molecule has 0 spiro atoms. The fourth-order valence-corrected chi connectivity index (χ4v) is 2.14. The second kappa shape index (κ2) is 6.58. The van der Waals surface area contributed by atoms with Gasteiger partial charge < -0.3 is 15.2 Å². The Hall–Kier alpha value is -1.30. The van der Waals surface area contributed by atoms with E-state index in [1.807, 2.05) is 13.8 Å². The van der Waals surface area contributed by atoms with Crippen molar-refractivity contribution in [1.82, 2.24) is 5.32 Å². The third-order valence-corrected chi connectivity index (χ3v) is 3.30. The maximum Gasteiger partial charge on any atom is 0.324 e. The van der Waals surface area contributed by atoms with Crippen molar-refractivity contribution >= 4 is 5.97 Å². The summed E-state index contributed by atoms with van der Waals surface area (Å²) < 4.78 is 5.59. The molecule has 1 rings (SSSR count). The quantitative estimate of drug-likeness (QED) is 0.325. The lowest BCUT2D eigenvalue weighted by atomic mass is 9.83. The third-order valence-electron chi connectivity index (χ3n) is 3.30. The predicted octanol–water partition coefficient (Wildman–Crippen LogP) is 1.54. The molecule has 0 saturated carbocycles. The summed E-state index contributed by atoms with van der Waals surface area (Å²) in [6.07, 6.45) is 0.819. The van der Waals surface area contributed by atoms with Crippen LogP contribution in [-0.4, -0.2) is 42.4 Å². The summed E-state index contributed by atoms with van der Waals surface area (Å²) in [5, 5.41) is 15.8. The highest BCUT2D eigenvalue weighted by molar-refractivity contribution is 5.79. The second-order valence-corrected chi connectivity index (χ2v) is 4.88. The topological polar surface area (TPSA) is 107 Å². The van der Waals surface area contributed by atoms with Crippen LogP contribution in [0, 0.1) is 5.92 Å². The van der Waals surface area contributed by atoms with Crippen molar-refractivity contribution in [1.29, 1.82) is 0 Å². The van der Waals surface area contributed by atoms with Crippen molar-refractivity contribution < 1.29 is 14.6 Å². The summed E-state index contributed by atoms with van der Waals surface area (Å²) in [5.74, 6) is -0.583. The van der Waals surface area contributed by atoms with E-state index in [1.54, 1.807) is 0 Å². The van der Waals surface area contributed by atoms with Gasteiger partial charge in [0, 0.05) is 31.0 Å². The molecule has 102 valence electrons. The second-order valence-electron chi connectivity index (χ2n) is 4.88. The SMILES string of the molecule is CC(C)C1CC(NCCN=[N+]=[N-])(C(=O)O)CCO1. The van der Waals surface area contributed by atoms with Crippen molar-refractivity contribution in [2.24, 2.45) is 11.0 Å². The monoisotopic (exact) mass is 256 g/mol. The van der Waals surface area contributed by atoms with E-state index in [0.717, 1.165) is 0 Å². The Bertz CT molecular complexity index is 341. The molecular weight excluding hydrogens is 236 g/mol. The lowest BCUT2D eigenvalue weighted by Gasteiger charge is -2.39. The molecule has 7 heteroatoms. The van der Waals surface area contributed by atoms with E-state index in [9.17, 15) is 9.90 Å². The van der Waals surface area contributed by atoms with Crippen LogP contribution in [-0.2, 0) is 9.53 Å². The van der Waals surface area contributed by atoms with Gasteiger partial charge in [-0.3, -0.25) is 4.79 Å². The minimum atomic E-state index is -0.960. The van der Waals surface area contributed by atoms with Crippen LogP contribution < -0.4 is 5.32 Å². The highest BCUT2D eigenvalue weighted by Crippen LogP contribution is 2.28. The fourth-order valence-electron chi connectivity index (χ4n) is 2.14. The molecule has 0 bridgehead atoms. The molecular formula is C11H20N4O3. The van der Waals surface area contributed by atoms with Gasteiger partial charge in [-0.25, -0.2) is 0 Å². The molecule has 1 saturated heterocycles. The van der Waals surface area contributed by atoms with Crippen LogP contribution in [0.3, 0.4) is 0 Å². The van der Waals surface area contributed by atoms with Crippen molar-refractivity contribution in [3.05, 3.63) is 10.4 Å². The molecule has 1 fully saturated rings. The summed E-state index contributed by atoms with van der Waals surface area (Å²) in [7, 11) is 0. The summed E-state index contributed by atoms with van der Waals surface area (Å²) in [4.78, 5) is 14.1. The molecule has 0 amide bonds. The Labute approximate surface area is 106 Å². The maximum atomic E-state index is 11.5. The maximum absolute atomic E-state index is 11.5. The standard InChI is InChI=1S/C11H20N4O3/c1-8(2)9-7-11(10(16)17,3-6-18-9)13-4-5-14-15-12/h8-9,13H,3-7H2,1-2H3,(H,16,17). The number of carboxylic acids is 1. The number of nitrogens with one attached hydrogen (secondary N) is 1. The van der Waals surface area contributed by atoms with Gasteiger partial charge in [-0.05, 0) is 17.9 Å². The van der Waals surface area contributed by atoms with Gasteiger partial charge in [0.25, 0.3) is 0 Å². The normalized spacial score (nSPS) is 27.8. The Morgan fingerprint density at radius 2 is 2.44 bits per heavy atom. The molecule has 0 aromatic carbocycles. The average molecular weight is 256 g/mol. The van der Waals surface area contributed by atoms with Crippen LogP contribution in [0.2, 0.25) is 0 Å². The predicted molar refractivity (Wildman–Crippen MR) is 66.2 cm³/mol. The smallest absolute Gasteiger partial charge is 0.324 e. The van der Waals surface area contributed by atoms with Crippen LogP contribution >= 0.6 is 0 Å². The van der Waals surface area contributed by atoms with Crippen LogP contribution in [0.5, 0.6) is 0 Å². The first-order chi connectivity index (χ1) is 8.52. The lowest BCUT2D eigenvalue weighted by molar-refractivity contribution is -0.153. The minimum absolute atomic E-state index is 0.0539. The molecule has 7 nitrogen and oxygen atoms in total. The molecule has 1 aliphatic heterocycles. The van der Waals surface area contributed by atoms with E-state index in [1.165, 1.54) is 0 Å². The summed E-state index contributed by atoms with van der Waals surface area (Å²) in [6, 6.07) is 0. The largest absolute Gasteiger partial charge is 0.480 e. The molecule has 0 aliphatic carbocycles. The molecule has 2 unspecified atom stereocenters. The van der Waals surface area contributed by atoms with E-state index in [4.69, 9.17) is 10.3 Å². The number of ether oxygens (including phenoxy) is 1. The molecule has 0 radical (unpaired) electrons. The van der Waals surface area contributed by atoms with E-state index in [0.29, 0.717) is 26.0 Å². The van der Waals surface area contributed by atoms with E-state index in [2.05, 4.69) is 15.3 Å². The van der Waals surface area contributed by atoms with Gasteiger partial charge in [-0.15, -0.1) is 0 Å². The van der Waals surface area contributed by atoms with E-state index in [-0.39, 0.29) is 18.6 Å². The van der Waals surface area contributed by atoms with Crippen LogP contribution in [0.15, 0.2) is 5.11 Å². The molecule has 0 aromatic heterocycles. The Morgan fingerprint density at radius 3 is 3.00 bits per heavy atom. The van der Waals surface area contributed by atoms with E-state index >= 15 is 0 Å². The minimum Gasteiger partial charge on any atom is -0.480 e. The van der Waals surface area contributed by atoms with Gasteiger partial charge in [-0.1, -0.05) is 19.0 Å². The van der Waals surface area contributed by atoms with Crippen LogP contribution in [0.4, 0.5) is 0 Å². The fraction of sp³-hybridized carbons (Fsp3) is 0.909. The highest BCUT2D eigenvalue weighted by Gasteiger charge is 2.43. The number of hydrogen-bond acceptors (Lipinski definition) is 4. The van der Waals surface area contributed by atoms with Gasteiger partial charge >= 0.3 is 5.97 Å². The highest BCUT2D eigenvalue weighted by atomic mass is 16.5. The van der Waals surface area contributed by atoms with Crippen molar-refractivity contribution in [3.63, 3.8) is 0 Å². The Balaban J connectivity index is 2.67. The Morgan fingerprint density at radius 1 is 1.72 bits per heavy atom. The van der Waals surface area contributed by atoms with Crippen LogP contribution in [0.25, 0.3) is 10.4 Å². The Kier molecular flexibility index (Phi) is 5.40. The number of azide groups is 1. The van der Waals surface area contributed by atoms with E-state index < -0.39 is 11.5 Å². The molecule has 18 heavy (non-hydrogen) atoms. The first kappa shape index (κ1) is 14.8. The van der Waals surface area contributed by atoms with Gasteiger partial charge in [0.2, 0.25) is 0 Å². The first-order valence-electron chi connectivity index (χ1n) is 6.13. The molecule has 2 atom stereocenters. The molecule has 2 N–H and O–H groups in total. The molecule has 0 aromatic rings. The van der Waals surface area contributed by atoms with Gasteiger partial charge in [0.05, 0.1) is 6.10 Å². The first-order valence-corrected chi connectivity index (χ1v) is 6.13. The number of carboxylic acid groups (broad SMARTS) is 1. The van der Waals surface area contributed by atoms with Crippen molar-refractivity contribution in [3.8, 4) is 0 Å². The summed E-state index contributed by atoms with van der Waals surface area (Å²) in [6.45, 7) is 5.08. The molecule has 1 heterocycles. The lowest BCUT2D eigenvalue weighted by Crippen LogP contribution is -2.58. The van der Waals surface area contributed by atoms with Crippen molar-refractivity contribution in [2.45, 2.75) is 38.3 Å². The average Bonchev–Trinajstić information content (AvgIpc) is 2.35. The van der Waals surface area contributed by atoms with Crippen molar-refractivity contribution in [2.75, 3.05) is 19.7 Å². The number of carbonyl (C=O) groups is 1. The van der Waals surface area contributed by atoms with Gasteiger partial charge in [0.1, 0.15) is 5.54 Å². The summed E-state index contributed by atoms with van der Waals surface area (Å²) >= 11 is 0. The zero-order chi connectivity index (χ0) is 13.6. The third kappa shape index (κ3) is 3.60. The number of aliphatic carboxylic acids is 1. The van der Waals surface area contributed by atoms with Gasteiger partial charge in [0.15, 0.2) is 0 Å². The number of rotatable bonds is 6. The van der Waals surface area contributed by atoms with Gasteiger partial charge in [-0.2, -0.15) is 0 Å². The zero-order valence-electron chi connectivity index (χ0n) is 10.8. The molecule has 1 aliphatic rings. The van der Waals surface area contributed by atoms with Crippen LogP contribution in [0.1, 0.15) is 26.7 Å². The number of nitrogens with zero attached hydrogens (tertiary/aromatic N) is 3. The zero-order valence-corrected chi connectivity index (χ0v) is 10.8.